The molecule has 0 aromatic carbocycles. The molecule has 1 heterocycles. The first-order valence-corrected chi connectivity index (χ1v) is 12.6. The maximum atomic E-state index is 13.7. The molecule has 0 aliphatic carbocycles. The standard InChI is InChI=1S/C21H41N4O6P.CH3N/c1-11-24(9)21(23(7)8)22-32(26,29-13-3)31-18-17(6)30-20(25(12-2)16(4)5)19(18)28-15-14-27-10;1-2/h12,17-20H,2,4,11,13-15H2,1,3,5-10H3;2H,1H2/b22-21+;/t17?,18-,19-,20-,32-;/m1./s1. The lowest BCUT2D eigenvalue weighted by Crippen LogP contribution is -2.43. The fraction of sp³-hybridized carbons (Fsp3) is 0.727. The van der Waals surface area contributed by atoms with Crippen molar-refractivity contribution in [3.63, 3.8) is 0 Å². The van der Waals surface area contributed by atoms with E-state index in [0.29, 0.717) is 25.7 Å². The summed E-state index contributed by atoms with van der Waals surface area (Å²) in [7, 11) is 3.20. The highest BCUT2D eigenvalue weighted by molar-refractivity contribution is 7.52. The molecule has 0 amide bonds. The number of nitrogens with one attached hydrogen (secondary N) is 1. The van der Waals surface area contributed by atoms with Gasteiger partial charge in [0, 0.05) is 40.5 Å². The van der Waals surface area contributed by atoms with E-state index in [1.165, 1.54) is 0 Å². The smallest absolute Gasteiger partial charge is 0.382 e. The van der Waals surface area contributed by atoms with E-state index in [-0.39, 0.29) is 6.61 Å². The van der Waals surface area contributed by atoms with Gasteiger partial charge >= 0.3 is 7.75 Å². The van der Waals surface area contributed by atoms with Crippen molar-refractivity contribution in [2.45, 2.75) is 52.2 Å². The van der Waals surface area contributed by atoms with Crippen LogP contribution >= 0.6 is 7.75 Å². The minimum atomic E-state index is -3.90. The molecule has 0 aromatic heterocycles. The third-order valence-corrected chi connectivity index (χ3v) is 6.42. The molecule has 198 valence electrons. The molecular weight excluding hydrogens is 461 g/mol. The molecule has 1 unspecified atom stereocenters. The molecule has 1 rings (SSSR count). The molecule has 1 fully saturated rings. The van der Waals surface area contributed by atoms with E-state index in [4.69, 9.17) is 28.7 Å². The van der Waals surface area contributed by atoms with E-state index >= 15 is 0 Å². The van der Waals surface area contributed by atoms with Crippen molar-refractivity contribution < 1.29 is 27.8 Å². The summed E-state index contributed by atoms with van der Waals surface area (Å²) in [4.78, 5) is 5.39. The number of allylic oxidation sites excluding steroid dienone is 1. The Bertz CT molecular complexity index is 707. The first kappa shape index (κ1) is 32.2. The van der Waals surface area contributed by atoms with Crippen molar-refractivity contribution in [1.29, 1.82) is 5.41 Å². The average Bonchev–Trinajstić information content (AvgIpc) is 3.08. The Kier molecular flexibility index (Phi) is 15.2. The zero-order valence-corrected chi connectivity index (χ0v) is 22.9. The van der Waals surface area contributed by atoms with Gasteiger partial charge in [-0.25, -0.2) is 4.57 Å². The van der Waals surface area contributed by atoms with Crippen molar-refractivity contribution in [3.05, 3.63) is 25.1 Å². The second-order valence-electron chi connectivity index (χ2n) is 7.65. The van der Waals surface area contributed by atoms with Crippen LogP contribution in [0.2, 0.25) is 0 Å². The number of ether oxygens (including phenoxy) is 3. The molecule has 0 radical (unpaired) electrons. The predicted molar refractivity (Wildman–Crippen MR) is 136 cm³/mol. The van der Waals surface area contributed by atoms with Gasteiger partial charge in [0.25, 0.3) is 0 Å². The molecule has 1 saturated heterocycles. The maximum absolute atomic E-state index is 13.7. The lowest BCUT2D eigenvalue weighted by atomic mass is 10.1. The number of nitrogens with zero attached hydrogens (tertiary/aromatic N) is 4. The molecule has 5 atom stereocenters. The Morgan fingerprint density at radius 1 is 1.21 bits per heavy atom. The minimum Gasteiger partial charge on any atom is -0.382 e. The maximum Gasteiger partial charge on any atom is 0.457 e. The quantitative estimate of drug-likeness (QED) is 0.174. The van der Waals surface area contributed by atoms with Gasteiger partial charge in [0.15, 0.2) is 6.23 Å². The van der Waals surface area contributed by atoms with Crippen LogP contribution in [0.3, 0.4) is 0 Å². The Balaban J connectivity index is 0.00000529. The van der Waals surface area contributed by atoms with Crippen molar-refractivity contribution >= 4 is 20.4 Å². The lowest BCUT2D eigenvalue weighted by molar-refractivity contribution is -0.0879. The van der Waals surface area contributed by atoms with Gasteiger partial charge in [-0.15, -0.1) is 4.76 Å². The lowest BCUT2D eigenvalue weighted by Gasteiger charge is -2.32. The van der Waals surface area contributed by atoms with E-state index in [9.17, 15) is 4.57 Å². The first-order valence-electron chi connectivity index (χ1n) is 11.1. The topological polar surface area (TPSA) is 109 Å². The summed E-state index contributed by atoms with van der Waals surface area (Å²) in [5.41, 5.74) is 0.726. The predicted octanol–water partition coefficient (Wildman–Crippen LogP) is 3.41. The summed E-state index contributed by atoms with van der Waals surface area (Å²) in [5.74, 6) is 0.485. The van der Waals surface area contributed by atoms with E-state index in [1.807, 2.05) is 46.8 Å². The summed E-state index contributed by atoms with van der Waals surface area (Å²) in [6, 6.07) is 0. The number of guanidine groups is 1. The zero-order chi connectivity index (χ0) is 26.5. The number of hydrogen-bond acceptors (Lipinski definition) is 8. The summed E-state index contributed by atoms with van der Waals surface area (Å²) in [6.45, 7) is 19.3. The Hall–Kier alpha value is -1.75. The number of rotatable bonds is 13. The second kappa shape index (κ2) is 16.0. The van der Waals surface area contributed by atoms with Crippen LogP contribution in [0.1, 0.15) is 27.7 Å². The summed E-state index contributed by atoms with van der Waals surface area (Å²) < 4.78 is 47.1. The fourth-order valence-electron chi connectivity index (χ4n) is 3.25. The van der Waals surface area contributed by atoms with Gasteiger partial charge in [0.2, 0.25) is 5.96 Å². The summed E-state index contributed by atoms with van der Waals surface area (Å²) >= 11 is 0. The Morgan fingerprint density at radius 2 is 1.82 bits per heavy atom. The molecule has 34 heavy (non-hydrogen) atoms. The molecule has 0 saturated carbocycles. The van der Waals surface area contributed by atoms with Gasteiger partial charge in [-0.2, -0.15) is 0 Å². The highest BCUT2D eigenvalue weighted by Gasteiger charge is 2.50. The van der Waals surface area contributed by atoms with E-state index in [2.05, 4.69) is 24.6 Å². The molecule has 1 aliphatic rings. The van der Waals surface area contributed by atoms with Gasteiger partial charge < -0.3 is 34.3 Å². The van der Waals surface area contributed by atoms with Crippen LogP contribution < -0.4 is 0 Å². The minimum absolute atomic E-state index is 0.169. The molecule has 1 aliphatic heterocycles. The van der Waals surface area contributed by atoms with Crippen molar-refractivity contribution in [2.75, 3.05) is 54.6 Å². The number of methoxy groups -OCH3 is 1. The molecule has 1 N–H and O–H groups in total. The van der Waals surface area contributed by atoms with Crippen LogP contribution in [0.25, 0.3) is 0 Å². The van der Waals surface area contributed by atoms with Crippen molar-refractivity contribution in [3.8, 4) is 0 Å². The van der Waals surface area contributed by atoms with E-state index < -0.39 is 32.3 Å². The summed E-state index contributed by atoms with van der Waals surface area (Å²) in [6.07, 6.45) is -0.714. The van der Waals surface area contributed by atoms with Crippen LogP contribution in [0, 0.1) is 5.41 Å². The van der Waals surface area contributed by atoms with E-state index in [1.54, 1.807) is 30.0 Å². The van der Waals surface area contributed by atoms with Crippen LogP contribution in [0.5, 0.6) is 0 Å². The van der Waals surface area contributed by atoms with Crippen molar-refractivity contribution in [2.24, 2.45) is 4.76 Å². The molecule has 0 aromatic rings. The first-order chi connectivity index (χ1) is 16.0. The van der Waals surface area contributed by atoms with Crippen LogP contribution in [0.4, 0.5) is 0 Å². The SMILES string of the molecule is C=CN(C(=C)C)[C@@H]1OC(C)[C@@H](O[P@@](=O)(/N=C(\N(C)C)N(C)CC)OCC)[C@H]1OCCOC.C=N. The molecular formula is C22H44N5O6P. The molecule has 0 bridgehead atoms. The van der Waals surface area contributed by atoms with Crippen LogP contribution in [-0.2, 0) is 27.8 Å². The third-order valence-electron chi connectivity index (χ3n) is 4.91. The monoisotopic (exact) mass is 505 g/mol. The van der Waals surface area contributed by atoms with Crippen LogP contribution in [-0.4, -0.2) is 107 Å². The molecule has 12 heteroatoms. The van der Waals surface area contributed by atoms with Gasteiger partial charge in [-0.3, -0.25) is 9.05 Å². The van der Waals surface area contributed by atoms with Gasteiger partial charge in [0.1, 0.15) is 12.2 Å². The fourth-order valence-corrected chi connectivity index (χ4v) is 4.90. The van der Waals surface area contributed by atoms with E-state index in [0.717, 1.165) is 5.70 Å². The normalized spacial score (nSPS) is 23.9. The highest BCUT2D eigenvalue weighted by atomic mass is 31.2. The highest BCUT2D eigenvalue weighted by Crippen LogP contribution is 2.53. The average molecular weight is 506 g/mol. The largest absolute Gasteiger partial charge is 0.457 e. The van der Waals surface area contributed by atoms with Gasteiger partial charge in [0.05, 0.1) is 25.9 Å². The Labute approximate surface area is 205 Å². The Morgan fingerprint density at radius 3 is 2.26 bits per heavy atom. The molecule has 11 nitrogen and oxygen atoms in total. The zero-order valence-electron chi connectivity index (χ0n) is 22.0. The van der Waals surface area contributed by atoms with Crippen molar-refractivity contribution in [1.82, 2.24) is 14.7 Å². The van der Waals surface area contributed by atoms with Gasteiger partial charge in [-0.05, 0) is 40.6 Å². The molecule has 0 spiro atoms. The summed E-state index contributed by atoms with van der Waals surface area (Å²) in [5, 5.41) is 5.50. The van der Waals surface area contributed by atoms with Gasteiger partial charge in [-0.1, -0.05) is 13.2 Å². The van der Waals surface area contributed by atoms with Crippen LogP contribution in [0.15, 0.2) is 29.8 Å². The second-order valence-corrected chi connectivity index (χ2v) is 9.26. The number of hydrogen-bond donors (Lipinski definition) is 1. The third kappa shape index (κ3) is 9.13.